The second-order valence-electron chi connectivity index (χ2n) is 4.01. The number of rotatable bonds is 4. The van der Waals surface area contributed by atoms with Crippen molar-refractivity contribution in [2.45, 2.75) is 6.61 Å². The van der Waals surface area contributed by atoms with Gasteiger partial charge in [0.2, 0.25) is 0 Å². The van der Waals surface area contributed by atoms with Gasteiger partial charge in [0.05, 0.1) is 0 Å². The van der Waals surface area contributed by atoms with Crippen molar-refractivity contribution in [3.63, 3.8) is 0 Å². The Morgan fingerprint density at radius 1 is 1.15 bits per heavy atom. The molecule has 0 spiro atoms. The molecule has 0 fully saturated rings. The molecule has 104 valence electrons. The predicted octanol–water partition coefficient (Wildman–Crippen LogP) is 2.64. The van der Waals surface area contributed by atoms with Gasteiger partial charge in [0.25, 0.3) is 0 Å². The van der Waals surface area contributed by atoms with E-state index in [1.165, 1.54) is 30.3 Å². The molecule has 0 saturated heterocycles. The molecule has 0 heterocycles. The molecule has 2 aromatic rings. The maximum Gasteiger partial charge on any atom is 0.170 e. The fourth-order valence-electron chi connectivity index (χ4n) is 1.60. The maximum absolute atomic E-state index is 13.8. The zero-order valence-corrected chi connectivity index (χ0v) is 10.4. The summed E-state index contributed by atoms with van der Waals surface area (Å²) in [5.74, 6) is -1.23. The lowest BCUT2D eigenvalue weighted by Crippen LogP contribution is -2.13. The van der Waals surface area contributed by atoms with Gasteiger partial charge in [-0.1, -0.05) is 29.4 Å². The van der Waals surface area contributed by atoms with Crippen LogP contribution >= 0.6 is 0 Å². The Kier molecular flexibility index (Phi) is 4.14. The highest BCUT2D eigenvalue weighted by molar-refractivity contribution is 5.97. The lowest BCUT2D eigenvalue weighted by Gasteiger charge is -2.08. The average molecular weight is 278 g/mol. The summed E-state index contributed by atoms with van der Waals surface area (Å²) in [5, 5.41) is 11.3. The van der Waals surface area contributed by atoms with Crippen LogP contribution in [0.25, 0.3) is 0 Å². The predicted molar refractivity (Wildman–Crippen MR) is 69.6 cm³/mol. The molecular formula is C14H12F2N2O2. The van der Waals surface area contributed by atoms with Crippen molar-refractivity contribution in [1.82, 2.24) is 0 Å². The fourth-order valence-corrected chi connectivity index (χ4v) is 1.60. The summed E-state index contributed by atoms with van der Waals surface area (Å²) in [4.78, 5) is 0. The smallest absolute Gasteiger partial charge is 0.170 e. The number of hydrogen-bond acceptors (Lipinski definition) is 3. The van der Waals surface area contributed by atoms with E-state index in [2.05, 4.69) is 5.16 Å². The first-order chi connectivity index (χ1) is 9.61. The third-order valence-corrected chi connectivity index (χ3v) is 2.68. The Morgan fingerprint density at radius 3 is 2.55 bits per heavy atom. The highest BCUT2D eigenvalue weighted by Crippen LogP contribution is 2.18. The van der Waals surface area contributed by atoms with Gasteiger partial charge in [0.1, 0.15) is 12.4 Å². The normalized spacial score (nSPS) is 11.4. The first-order valence-corrected chi connectivity index (χ1v) is 5.75. The Hall–Kier alpha value is -2.63. The van der Waals surface area contributed by atoms with E-state index < -0.39 is 11.6 Å². The van der Waals surface area contributed by atoms with Crippen LogP contribution in [0.4, 0.5) is 8.78 Å². The van der Waals surface area contributed by atoms with E-state index >= 15 is 0 Å². The van der Waals surface area contributed by atoms with Crippen LogP contribution in [0.2, 0.25) is 0 Å². The largest absolute Gasteiger partial charge is 0.486 e. The molecule has 0 aliphatic heterocycles. The molecule has 0 atom stereocenters. The van der Waals surface area contributed by atoms with Gasteiger partial charge in [0.15, 0.2) is 17.4 Å². The van der Waals surface area contributed by atoms with Crippen molar-refractivity contribution in [1.29, 1.82) is 0 Å². The molecule has 6 heteroatoms. The number of hydrogen-bond donors (Lipinski definition) is 2. The molecule has 0 aliphatic carbocycles. The standard InChI is InChI=1S/C14H12F2N2O2/c15-11-3-1-2-4-13(11)20-8-10-6-5-9(7-12(10)16)14(17)18-19/h1-7,19H,8H2,(H2,17,18). The van der Waals surface area contributed by atoms with Gasteiger partial charge in [-0.2, -0.15) is 0 Å². The average Bonchev–Trinajstić information content (AvgIpc) is 2.46. The Bertz CT molecular complexity index is 645. The van der Waals surface area contributed by atoms with Crippen LogP contribution in [0.3, 0.4) is 0 Å². The summed E-state index contributed by atoms with van der Waals surface area (Å²) in [6.07, 6.45) is 0. The second kappa shape index (κ2) is 6.01. The number of nitrogens with two attached hydrogens (primary N) is 1. The minimum absolute atomic E-state index is 0.0485. The van der Waals surface area contributed by atoms with Crippen LogP contribution in [-0.2, 0) is 6.61 Å². The molecule has 2 aromatic carbocycles. The lowest BCUT2D eigenvalue weighted by atomic mass is 10.1. The number of benzene rings is 2. The van der Waals surface area contributed by atoms with Gasteiger partial charge >= 0.3 is 0 Å². The zero-order chi connectivity index (χ0) is 14.5. The quantitative estimate of drug-likeness (QED) is 0.391. The van der Waals surface area contributed by atoms with Gasteiger partial charge < -0.3 is 15.7 Å². The summed E-state index contributed by atoms with van der Waals surface area (Å²) < 4.78 is 32.3. The monoisotopic (exact) mass is 278 g/mol. The second-order valence-corrected chi connectivity index (χ2v) is 4.01. The highest BCUT2D eigenvalue weighted by atomic mass is 19.1. The zero-order valence-electron chi connectivity index (χ0n) is 10.4. The van der Waals surface area contributed by atoms with Crippen LogP contribution < -0.4 is 10.5 Å². The van der Waals surface area contributed by atoms with Gasteiger partial charge in [-0.05, 0) is 18.2 Å². The van der Waals surface area contributed by atoms with Gasteiger partial charge in [0, 0.05) is 11.1 Å². The van der Waals surface area contributed by atoms with Crippen molar-refractivity contribution in [2.75, 3.05) is 0 Å². The van der Waals surface area contributed by atoms with Gasteiger partial charge in [-0.25, -0.2) is 8.78 Å². The Morgan fingerprint density at radius 2 is 1.90 bits per heavy atom. The summed E-state index contributed by atoms with van der Waals surface area (Å²) in [6, 6.07) is 9.91. The number of nitrogens with zero attached hydrogens (tertiary/aromatic N) is 1. The lowest BCUT2D eigenvalue weighted by molar-refractivity contribution is 0.285. The maximum atomic E-state index is 13.8. The molecule has 20 heavy (non-hydrogen) atoms. The van der Waals surface area contributed by atoms with E-state index in [1.54, 1.807) is 6.07 Å². The SMILES string of the molecule is N/C(=N\O)c1ccc(COc2ccccc2F)c(F)c1. The van der Waals surface area contributed by atoms with Crippen molar-refractivity contribution in [2.24, 2.45) is 10.9 Å². The number of para-hydroxylation sites is 1. The van der Waals surface area contributed by atoms with Crippen LogP contribution in [0.15, 0.2) is 47.6 Å². The number of ether oxygens (including phenoxy) is 1. The van der Waals surface area contributed by atoms with Crippen LogP contribution in [0.1, 0.15) is 11.1 Å². The molecule has 0 radical (unpaired) electrons. The van der Waals surface area contributed by atoms with E-state index in [0.717, 1.165) is 6.07 Å². The highest BCUT2D eigenvalue weighted by Gasteiger charge is 2.08. The van der Waals surface area contributed by atoms with Crippen molar-refractivity contribution in [3.05, 3.63) is 65.2 Å². The molecule has 0 unspecified atom stereocenters. The fraction of sp³-hybridized carbons (Fsp3) is 0.0714. The van der Waals surface area contributed by atoms with E-state index in [1.807, 2.05) is 0 Å². The van der Waals surface area contributed by atoms with E-state index in [0.29, 0.717) is 0 Å². The van der Waals surface area contributed by atoms with Crippen molar-refractivity contribution < 1.29 is 18.7 Å². The molecule has 4 nitrogen and oxygen atoms in total. The molecule has 0 aromatic heterocycles. The van der Waals surface area contributed by atoms with Crippen molar-refractivity contribution in [3.8, 4) is 5.75 Å². The van der Waals surface area contributed by atoms with E-state index in [4.69, 9.17) is 15.7 Å². The van der Waals surface area contributed by atoms with E-state index in [9.17, 15) is 8.78 Å². The minimum atomic E-state index is -0.578. The summed E-state index contributed by atoms with van der Waals surface area (Å²) in [6.45, 7) is -0.122. The molecule has 3 N–H and O–H groups in total. The van der Waals surface area contributed by atoms with Gasteiger partial charge in [-0.15, -0.1) is 0 Å². The van der Waals surface area contributed by atoms with E-state index in [-0.39, 0.29) is 29.3 Å². The van der Waals surface area contributed by atoms with Crippen molar-refractivity contribution >= 4 is 5.84 Å². The topological polar surface area (TPSA) is 67.8 Å². The molecule has 0 aliphatic rings. The molecule has 2 rings (SSSR count). The number of oxime groups is 1. The van der Waals surface area contributed by atoms with Crippen LogP contribution in [0, 0.1) is 11.6 Å². The molecular weight excluding hydrogens is 266 g/mol. The molecule has 0 saturated carbocycles. The third kappa shape index (κ3) is 3.03. The molecule has 0 bridgehead atoms. The molecule has 0 amide bonds. The van der Waals surface area contributed by atoms with Crippen LogP contribution in [-0.4, -0.2) is 11.0 Å². The first kappa shape index (κ1) is 13.8. The van der Waals surface area contributed by atoms with Crippen LogP contribution in [0.5, 0.6) is 5.75 Å². The first-order valence-electron chi connectivity index (χ1n) is 5.75. The minimum Gasteiger partial charge on any atom is -0.486 e. The number of amidine groups is 1. The van der Waals surface area contributed by atoms with Gasteiger partial charge in [-0.3, -0.25) is 0 Å². The number of halogens is 2. The summed E-state index contributed by atoms with van der Waals surface area (Å²) in [7, 11) is 0. The summed E-state index contributed by atoms with van der Waals surface area (Å²) in [5.41, 5.74) is 5.84. The third-order valence-electron chi connectivity index (χ3n) is 2.68. The summed E-state index contributed by atoms with van der Waals surface area (Å²) >= 11 is 0. The Balaban J connectivity index is 2.13. The Labute approximate surface area is 114 Å².